The molecule has 0 unspecified atom stereocenters. The van der Waals surface area contributed by atoms with Crippen molar-refractivity contribution >= 4 is 5.82 Å². The van der Waals surface area contributed by atoms with E-state index in [9.17, 15) is 23.4 Å². The maximum atomic E-state index is 13.1. The molecule has 0 amide bonds. The van der Waals surface area contributed by atoms with Crippen LogP contribution in [-0.2, 0) is 12.6 Å². The molecule has 212 valence electrons. The molecule has 1 aromatic heterocycles. The molecule has 2 N–H and O–H groups in total. The molecule has 10 heteroatoms. The Morgan fingerprint density at radius 2 is 1.67 bits per heavy atom. The van der Waals surface area contributed by atoms with Crippen LogP contribution in [0.4, 0.5) is 19.0 Å². The number of aliphatic hydroxyl groups excluding tert-OH is 1. The van der Waals surface area contributed by atoms with Crippen LogP contribution in [0, 0.1) is 6.92 Å². The lowest BCUT2D eigenvalue weighted by Gasteiger charge is -2.48. The molecule has 2 saturated heterocycles. The Morgan fingerprint density at radius 3 is 2.36 bits per heavy atom. The number of anilines is 1. The number of halogens is 3. The summed E-state index contributed by atoms with van der Waals surface area (Å²) in [6.45, 7) is 7.22. The van der Waals surface area contributed by atoms with E-state index in [4.69, 9.17) is 0 Å². The minimum atomic E-state index is -4.52. The van der Waals surface area contributed by atoms with Crippen LogP contribution in [0.5, 0.6) is 5.75 Å². The third kappa shape index (κ3) is 5.23. The standard InChI is InChI=1S/C29H38F3N5O2/c1-18-24-5-3-11-37(28(24)34-33-27(18)25-7-6-19(14-26(25)39)29(30,31)32)21-4-2-10-36(17-21)20-8-12-35(13-9-20)22-15-23(38)16-22/h6-7,14,20-23,38-39H,2-5,8-13,15-17H2,1H3/t21-,22?,23?/m1/s1. The van der Waals surface area contributed by atoms with Gasteiger partial charge in [-0.25, -0.2) is 0 Å². The van der Waals surface area contributed by atoms with Gasteiger partial charge < -0.3 is 20.0 Å². The van der Waals surface area contributed by atoms with E-state index in [2.05, 4.69) is 24.9 Å². The van der Waals surface area contributed by atoms with Gasteiger partial charge >= 0.3 is 6.18 Å². The summed E-state index contributed by atoms with van der Waals surface area (Å²) in [4.78, 5) is 7.65. The Bertz CT molecular complexity index is 1190. The highest BCUT2D eigenvalue weighted by atomic mass is 19.4. The molecule has 1 saturated carbocycles. The van der Waals surface area contributed by atoms with Gasteiger partial charge in [0.15, 0.2) is 5.82 Å². The van der Waals surface area contributed by atoms with Gasteiger partial charge in [0, 0.05) is 42.3 Å². The van der Waals surface area contributed by atoms with Gasteiger partial charge in [-0.15, -0.1) is 10.2 Å². The molecule has 4 aliphatic rings. The van der Waals surface area contributed by atoms with E-state index >= 15 is 0 Å². The lowest BCUT2D eigenvalue weighted by Crippen LogP contribution is -2.56. The molecule has 0 radical (unpaired) electrons. The molecular weight excluding hydrogens is 507 g/mol. The average Bonchev–Trinajstić information content (AvgIpc) is 2.91. The van der Waals surface area contributed by atoms with E-state index in [-0.39, 0.29) is 11.7 Å². The first-order chi connectivity index (χ1) is 18.7. The summed E-state index contributed by atoms with van der Waals surface area (Å²) < 4.78 is 39.3. The van der Waals surface area contributed by atoms with E-state index in [1.54, 1.807) is 0 Å². The number of hydrogen-bond donors (Lipinski definition) is 2. The molecule has 4 heterocycles. The predicted octanol–water partition coefficient (Wildman–Crippen LogP) is 4.38. The fraction of sp³-hybridized carbons (Fsp3) is 0.655. The van der Waals surface area contributed by atoms with Crippen LogP contribution in [0.15, 0.2) is 18.2 Å². The Kier molecular flexibility index (Phi) is 7.22. The van der Waals surface area contributed by atoms with Crippen LogP contribution >= 0.6 is 0 Å². The molecule has 0 spiro atoms. The normalized spacial score (nSPS) is 27.3. The predicted molar refractivity (Wildman–Crippen MR) is 143 cm³/mol. The molecule has 39 heavy (non-hydrogen) atoms. The maximum absolute atomic E-state index is 13.1. The molecule has 1 atom stereocenters. The summed E-state index contributed by atoms with van der Waals surface area (Å²) in [6.07, 6.45) is 3.66. The fourth-order valence-electron chi connectivity index (χ4n) is 7.17. The van der Waals surface area contributed by atoms with Crippen molar-refractivity contribution in [3.05, 3.63) is 34.9 Å². The fourth-order valence-corrected chi connectivity index (χ4v) is 7.17. The Morgan fingerprint density at radius 1 is 0.897 bits per heavy atom. The quantitative estimate of drug-likeness (QED) is 0.591. The number of aromatic hydroxyl groups is 1. The largest absolute Gasteiger partial charge is 0.507 e. The van der Waals surface area contributed by atoms with Gasteiger partial charge in [-0.3, -0.25) is 4.90 Å². The minimum absolute atomic E-state index is 0.105. The number of nitrogens with zero attached hydrogens (tertiary/aromatic N) is 5. The second kappa shape index (κ2) is 10.5. The molecule has 6 rings (SSSR count). The summed E-state index contributed by atoms with van der Waals surface area (Å²) >= 11 is 0. The van der Waals surface area contributed by atoms with Crippen molar-refractivity contribution in [1.29, 1.82) is 0 Å². The average molecular weight is 546 g/mol. The first-order valence-corrected chi connectivity index (χ1v) is 14.4. The minimum Gasteiger partial charge on any atom is -0.507 e. The number of aromatic nitrogens is 2. The van der Waals surface area contributed by atoms with Crippen molar-refractivity contribution < 1.29 is 23.4 Å². The molecule has 7 nitrogen and oxygen atoms in total. The van der Waals surface area contributed by atoms with Gasteiger partial charge in [-0.05, 0) is 102 Å². The van der Waals surface area contributed by atoms with Crippen LogP contribution in [0.3, 0.4) is 0 Å². The van der Waals surface area contributed by atoms with Gasteiger partial charge in [0.05, 0.1) is 17.4 Å². The van der Waals surface area contributed by atoms with Crippen molar-refractivity contribution in [1.82, 2.24) is 20.0 Å². The first-order valence-electron chi connectivity index (χ1n) is 14.4. The van der Waals surface area contributed by atoms with Crippen LogP contribution in [0.2, 0.25) is 0 Å². The molecule has 1 aromatic carbocycles. The summed E-state index contributed by atoms with van der Waals surface area (Å²) in [5.41, 5.74) is 1.80. The summed E-state index contributed by atoms with van der Waals surface area (Å²) in [7, 11) is 0. The number of hydrogen-bond acceptors (Lipinski definition) is 7. The number of phenolic OH excluding ortho intramolecular Hbond substituents is 1. The van der Waals surface area contributed by atoms with Crippen LogP contribution in [0.25, 0.3) is 11.3 Å². The second-order valence-corrected chi connectivity index (χ2v) is 11.8. The Balaban J connectivity index is 1.17. The topological polar surface area (TPSA) is 76.0 Å². The van der Waals surface area contributed by atoms with Crippen molar-refractivity contribution in [2.75, 3.05) is 37.6 Å². The monoisotopic (exact) mass is 545 g/mol. The van der Waals surface area contributed by atoms with Crippen molar-refractivity contribution in [2.24, 2.45) is 0 Å². The van der Waals surface area contributed by atoms with E-state index in [1.165, 1.54) is 18.9 Å². The SMILES string of the molecule is Cc1c(-c2ccc(C(F)(F)F)cc2O)nnc2c1CCCN2[C@@H]1CCCN(C2CCN(C3CC(O)C3)CC2)C1. The molecule has 3 aliphatic heterocycles. The van der Waals surface area contributed by atoms with Gasteiger partial charge in [0.2, 0.25) is 0 Å². The highest BCUT2D eigenvalue weighted by Gasteiger charge is 2.38. The van der Waals surface area contributed by atoms with Crippen molar-refractivity contribution in [2.45, 2.75) is 88.7 Å². The van der Waals surface area contributed by atoms with E-state index < -0.39 is 17.5 Å². The van der Waals surface area contributed by atoms with E-state index in [0.717, 1.165) is 100 Å². The lowest BCUT2D eigenvalue weighted by molar-refractivity contribution is -0.137. The summed E-state index contributed by atoms with van der Waals surface area (Å²) in [6, 6.07) is 4.56. The first kappa shape index (κ1) is 26.8. The highest BCUT2D eigenvalue weighted by Crippen LogP contribution is 2.40. The number of piperidine rings is 2. The number of likely N-dealkylation sites (tertiary alicyclic amines) is 2. The Hall–Kier alpha value is -2.43. The van der Waals surface area contributed by atoms with E-state index in [1.807, 2.05) is 6.92 Å². The number of alkyl halides is 3. The summed E-state index contributed by atoms with van der Waals surface area (Å²) in [5, 5.41) is 29.1. The summed E-state index contributed by atoms with van der Waals surface area (Å²) in [5.74, 6) is 0.455. The second-order valence-electron chi connectivity index (χ2n) is 11.8. The van der Waals surface area contributed by atoms with Gasteiger partial charge in [-0.2, -0.15) is 13.2 Å². The molecule has 0 bridgehead atoms. The molecule has 1 aliphatic carbocycles. The number of phenols is 1. The zero-order valence-electron chi connectivity index (χ0n) is 22.5. The molecular formula is C29H38F3N5O2. The van der Waals surface area contributed by atoms with Gasteiger partial charge in [0.25, 0.3) is 0 Å². The van der Waals surface area contributed by atoms with Crippen LogP contribution in [-0.4, -0.2) is 87.2 Å². The lowest BCUT2D eigenvalue weighted by atomic mass is 9.86. The third-order valence-corrected chi connectivity index (χ3v) is 9.49. The maximum Gasteiger partial charge on any atom is 0.416 e. The van der Waals surface area contributed by atoms with Crippen molar-refractivity contribution in [3.63, 3.8) is 0 Å². The van der Waals surface area contributed by atoms with Gasteiger partial charge in [-0.1, -0.05) is 0 Å². The number of benzene rings is 1. The van der Waals surface area contributed by atoms with Crippen molar-refractivity contribution in [3.8, 4) is 17.0 Å². The molecule has 3 fully saturated rings. The molecule has 2 aromatic rings. The zero-order valence-corrected chi connectivity index (χ0v) is 22.5. The van der Waals surface area contributed by atoms with E-state index in [0.29, 0.717) is 23.8 Å². The zero-order chi connectivity index (χ0) is 27.3. The number of aliphatic hydroxyl groups is 1. The number of rotatable bonds is 4. The smallest absolute Gasteiger partial charge is 0.416 e. The third-order valence-electron chi connectivity index (χ3n) is 9.49. The Labute approximate surface area is 227 Å². The van der Waals surface area contributed by atoms with Crippen LogP contribution < -0.4 is 4.90 Å². The van der Waals surface area contributed by atoms with Gasteiger partial charge in [0.1, 0.15) is 5.75 Å². The number of fused-ring (bicyclic) bond motifs is 1. The van der Waals surface area contributed by atoms with Crippen LogP contribution in [0.1, 0.15) is 61.6 Å². The highest BCUT2D eigenvalue weighted by molar-refractivity contribution is 5.73.